The molecule has 1 aliphatic rings. The molecule has 112 valence electrons. The molecule has 1 N–H and O–H groups in total. The van der Waals surface area contributed by atoms with Crippen molar-refractivity contribution in [3.05, 3.63) is 36.2 Å². The molecule has 0 radical (unpaired) electrons. The number of aryl methyl sites for hydroxylation is 1. The molecule has 0 bridgehead atoms. The van der Waals surface area contributed by atoms with Gasteiger partial charge in [0.25, 0.3) is 5.91 Å². The van der Waals surface area contributed by atoms with E-state index in [4.69, 9.17) is 9.52 Å². The minimum atomic E-state index is -1.23. The number of carbonyl (C=O) groups is 2. The first-order valence-corrected chi connectivity index (χ1v) is 6.62. The van der Waals surface area contributed by atoms with Crippen LogP contribution in [0.25, 0.3) is 11.5 Å². The van der Waals surface area contributed by atoms with Gasteiger partial charge in [-0.15, -0.1) is 0 Å². The fourth-order valence-corrected chi connectivity index (χ4v) is 2.29. The van der Waals surface area contributed by atoms with Gasteiger partial charge in [0.15, 0.2) is 5.92 Å². The van der Waals surface area contributed by atoms with Gasteiger partial charge in [-0.25, -0.2) is 4.98 Å². The number of carbonyl (C=O) groups excluding carboxylic acids is 1. The molecule has 1 aromatic heterocycles. The van der Waals surface area contributed by atoms with E-state index in [-0.39, 0.29) is 5.71 Å². The number of oxazole rings is 1. The number of hydrazone groups is 1. The molecule has 1 unspecified atom stereocenters. The second-order valence-electron chi connectivity index (χ2n) is 4.99. The smallest absolute Gasteiger partial charge is 0.322 e. The maximum absolute atomic E-state index is 12.2. The largest absolute Gasteiger partial charge is 0.480 e. The molecule has 1 aromatic carbocycles. The average molecular weight is 299 g/mol. The lowest BCUT2D eigenvalue weighted by molar-refractivity contribution is -0.142. The number of hydrogen-bond donors (Lipinski definition) is 1. The molecule has 2 aromatic rings. The van der Waals surface area contributed by atoms with Crippen molar-refractivity contribution in [2.75, 3.05) is 5.01 Å². The highest BCUT2D eigenvalue weighted by molar-refractivity contribution is 6.25. The van der Waals surface area contributed by atoms with Crippen molar-refractivity contribution >= 4 is 23.3 Å². The van der Waals surface area contributed by atoms with E-state index < -0.39 is 17.8 Å². The summed E-state index contributed by atoms with van der Waals surface area (Å²) in [6.45, 7) is 3.31. The Hall–Kier alpha value is -2.96. The molecule has 0 saturated heterocycles. The molecule has 1 aliphatic heterocycles. The Balaban J connectivity index is 1.97. The zero-order chi connectivity index (χ0) is 15.9. The lowest BCUT2D eigenvalue weighted by atomic mass is 10.1. The van der Waals surface area contributed by atoms with Gasteiger partial charge in [-0.2, -0.15) is 10.1 Å². The van der Waals surface area contributed by atoms with E-state index >= 15 is 0 Å². The monoisotopic (exact) mass is 299 g/mol. The van der Waals surface area contributed by atoms with Gasteiger partial charge in [-0.3, -0.25) is 9.59 Å². The van der Waals surface area contributed by atoms with E-state index in [1.54, 1.807) is 37.4 Å². The van der Waals surface area contributed by atoms with Crippen LogP contribution in [0, 0.1) is 12.8 Å². The van der Waals surface area contributed by atoms with Crippen molar-refractivity contribution in [1.29, 1.82) is 0 Å². The van der Waals surface area contributed by atoms with Gasteiger partial charge in [0.05, 0.1) is 17.6 Å². The summed E-state index contributed by atoms with van der Waals surface area (Å²) in [4.78, 5) is 27.5. The van der Waals surface area contributed by atoms with Crippen LogP contribution in [0.1, 0.15) is 12.7 Å². The summed E-state index contributed by atoms with van der Waals surface area (Å²) in [6, 6.07) is 6.89. The Kier molecular flexibility index (Phi) is 3.25. The van der Waals surface area contributed by atoms with Crippen molar-refractivity contribution in [3.8, 4) is 11.5 Å². The van der Waals surface area contributed by atoms with Gasteiger partial charge in [-0.05, 0) is 32.0 Å². The molecule has 1 atom stereocenters. The van der Waals surface area contributed by atoms with E-state index in [1.807, 2.05) is 0 Å². The predicted molar refractivity (Wildman–Crippen MR) is 78.4 cm³/mol. The number of carboxylic acid groups (broad SMARTS) is 1. The van der Waals surface area contributed by atoms with E-state index in [1.165, 1.54) is 6.92 Å². The van der Waals surface area contributed by atoms with Gasteiger partial charge in [0.2, 0.25) is 5.89 Å². The molecule has 0 spiro atoms. The minimum Gasteiger partial charge on any atom is -0.480 e. The van der Waals surface area contributed by atoms with Crippen molar-refractivity contribution in [1.82, 2.24) is 4.98 Å². The summed E-state index contributed by atoms with van der Waals surface area (Å²) in [5.74, 6) is -1.90. The Morgan fingerprint density at radius 2 is 2.14 bits per heavy atom. The Labute approximate surface area is 125 Å². The van der Waals surface area contributed by atoms with Gasteiger partial charge in [-0.1, -0.05) is 6.07 Å². The number of rotatable bonds is 3. The van der Waals surface area contributed by atoms with Gasteiger partial charge in [0, 0.05) is 5.56 Å². The third-order valence-corrected chi connectivity index (χ3v) is 3.34. The first-order valence-electron chi connectivity index (χ1n) is 6.62. The van der Waals surface area contributed by atoms with Crippen LogP contribution in [-0.4, -0.2) is 27.7 Å². The summed E-state index contributed by atoms with van der Waals surface area (Å²) in [5, 5.41) is 14.3. The third-order valence-electron chi connectivity index (χ3n) is 3.34. The van der Waals surface area contributed by atoms with Crippen LogP contribution >= 0.6 is 0 Å². The average Bonchev–Trinajstić information content (AvgIpc) is 3.03. The van der Waals surface area contributed by atoms with E-state index in [9.17, 15) is 9.59 Å². The third kappa shape index (κ3) is 2.26. The highest BCUT2D eigenvalue weighted by atomic mass is 16.4. The van der Waals surface area contributed by atoms with Crippen LogP contribution in [-0.2, 0) is 9.59 Å². The zero-order valence-corrected chi connectivity index (χ0v) is 12.0. The molecule has 2 heterocycles. The highest BCUT2D eigenvalue weighted by Crippen LogP contribution is 2.28. The van der Waals surface area contributed by atoms with Gasteiger partial charge >= 0.3 is 5.97 Å². The maximum Gasteiger partial charge on any atom is 0.322 e. The Morgan fingerprint density at radius 3 is 2.73 bits per heavy atom. The molecule has 0 aliphatic carbocycles. The second-order valence-corrected chi connectivity index (χ2v) is 4.99. The molecule has 22 heavy (non-hydrogen) atoms. The number of benzene rings is 1. The van der Waals surface area contributed by atoms with Crippen LogP contribution in [0.3, 0.4) is 0 Å². The normalized spacial score (nSPS) is 17.7. The summed E-state index contributed by atoms with van der Waals surface area (Å²) < 4.78 is 5.45. The maximum atomic E-state index is 12.2. The quantitative estimate of drug-likeness (QED) is 0.875. The van der Waals surface area contributed by atoms with Gasteiger partial charge < -0.3 is 9.52 Å². The number of anilines is 1. The number of amides is 1. The van der Waals surface area contributed by atoms with Crippen molar-refractivity contribution in [2.45, 2.75) is 13.8 Å². The molecular weight excluding hydrogens is 286 g/mol. The van der Waals surface area contributed by atoms with Crippen LogP contribution in [0.2, 0.25) is 0 Å². The summed E-state index contributed by atoms with van der Waals surface area (Å²) >= 11 is 0. The number of aliphatic carboxylic acids is 1. The van der Waals surface area contributed by atoms with Crippen LogP contribution in [0.15, 0.2) is 40.0 Å². The molecule has 1 amide bonds. The first-order chi connectivity index (χ1) is 10.5. The van der Waals surface area contributed by atoms with Crippen molar-refractivity contribution < 1.29 is 19.1 Å². The first kappa shape index (κ1) is 14.0. The lowest BCUT2D eigenvalue weighted by Gasteiger charge is -2.13. The predicted octanol–water partition coefficient (Wildman–Crippen LogP) is 2.07. The van der Waals surface area contributed by atoms with Crippen molar-refractivity contribution in [3.63, 3.8) is 0 Å². The molecule has 0 fully saturated rings. The van der Waals surface area contributed by atoms with E-state index in [0.29, 0.717) is 22.9 Å². The SMILES string of the molecule is CC1=NN(c2cccc(-c3ncc(C)o3)c2)C(=O)C1C(=O)O. The fraction of sp³-hybridized carbons (Fsp3) is 0.200. The number of nitrogens with zero attached hydrogens (tertiary/aromatic N) is 3. The van der Waals surface area contributed by atoms with Gasteiger partial charge in [0.1, 0.15) is 5.76 Å². The Bertz CT molecular complexity index is 794. The summed E-state index contributed by atoms with van der Waals surface area (Å²) in [5.41, 5.74) is 1.42. The Morgan fingerprint density at radius 1 is 1.36 bits per heavy atom. The molecular formula is C15H13N3O4. The van der Waals surface area contributed by atoms with Crippen LogP contribution in [0.4, 0.5) is 5.69 Å². The van der Waals surface area contributed by atoms with E-state index in [2.05, 4.69) is 10.1 Å². The summed E-state index contributed by atoms with van der Waals surface area (Å²) in [6.07, 6.45) is 1.60. The minimum absolute atomic E-state index is 0.259. The molecule has 3 rings (SSSR count). The zero-order valence-electron chi connectivity index (χ0n) is 12.0. The lowest BCUT2D eigenvalue weighted by Crippen LogP contribution is -2.32. The molecule has 0 saturated carbocycles. The number of aromatic nitrogens is 1. The standard InChI is InChI=1S/C15H13N3O4/c1-8-7-16-13(22-8)10-4-3-5-11(6-10)18-14(19)12(15(20)21)9(2)17-18/h3-7,12H,1-2H3,(H,20,21). The molecule has 7 heteroatoms. The second kappa shape index (κ2) is 5.10. The number of hydrogen-bond acceptors (Lipinski definition) is 5. The van der Waals surface area contributed by atoms with E-state index in [0.717, 1.165) is 5.01 Å². The topological polar surface area (TPSA) is 96.0 Å². The van der Waals surface area contributed by atoms with Crippen LogP contribution < -0.4 is 5.01 Å². The highest BCUT2D eigenvalue weighted by Gasteiger charge is 2.39. The van der Waals surface area contributed by atoms with Crippen LogP contribution in [0.5, 0.6) is 0 Å². The number of carboxylic acids is 1. The van der Waals surface area contributed by atoms with Crippen molar-refractivity contribution in [2.24, 2.45) is 11.0 Å². The molecule has 7 nitrogen and oxygen atoms in total. The summed E-state index contributed by atoms with van der Waals surface area (Å²) in [7, 11) is 0. The fourth-order valence-electron chi connectivity index (χ4n) is 2.29.